The van der Waals surface area contributed by atoms with Crippen LogP contribution in [0.1, 0.15) is 285 Å². The SMILES string of the molecule is CN1CCS(=O)(=O)[C@@H](C2(CC(=O)C[C@H]3CCCCCCCCCC[C@@H](C(=O)C(=O)CC4CC4)CC(=O)[C@@H]4[C@@H]5[C@H](CN4C3=O)C5(C)C)CCCCC2)C1.CN1CCS(=O)(=O)[C@@H](C2(CC(=O)C[C@H]3CCCCCCCC[C@@H](C(=O)C(=O)CC4CC4)CC(=O)[C@@H]4[C@@H]5[C@H](CN4C3=O)C5(C)C)CCCCC2)C1. The Morgan fingerprint density at radius 2 is 0.716 bits per heavy atom. The molecule has 6 heterocycles. The lowest BCUT2D eigenvalue weighted by Gasteiger charge is -2.46. The summed E-state index contributed by atoms with van der Waals surface area (Å²) in [7, 11) is -2.77. The lowest BCUT2D eigenvalue weighted by Crippen LogP contribution is -2.54. The molecule has 0 radical (unpaired) electrons. The largest absolute Gasteiger partial charge is 0.332 e. The molecule has 102 heavy (non-hydrogen) atoms. The van der Waals surface area contributed by atoms with E-state index in [-0.39, 0.29) is 144 Å². The average molecular weight is 1460 g/mol. The first-order chi connectivity index (χ1) is 48.5. The molecule has 0 unspecified atom stereocenters. The van der Waals surface area contributed by atoms with Crippen molar-refractivity contribution >= 4 is 77.8 Å². The topological polar surface area (TPSA) is 252 Å². The van der Waals surface area contributed by atoms with Crippen molar-refractivity contribution in [1.82, 2.24) is 19.6 Å². The molecule has 12 aliphatic rings. The number of sulfone groups is 2. The van der Waals surface area contributed by atoms with Crippen molar-refractivity contribution in [2.45, 2.75) is 307 Å². The predicted molar refractivity (Wildman–Crippen MR) is 393 cm³/mol. The van der Waals surface area contributed by atoms with Crippen molar-refractivity contribution in [3.8, 4) is 0 Å². The highest BCUT2D eigenvalue weighted by atomic mass is 32.2. The molecule has 18 nitrogen and oxygen atoms in total. The first-order valence-electron chi connectivity index (χ1n) is 41.1. The Labute approximate surface area is 611 Å². The zero-order chi connectivity index (χ0) is 73.1. The van der Waals surface area contributed by atoms with Crippen LogP contribution in [0.2, 0.25) is 0 Å². The van der Waals surface area contributed by atoms with E-state index in [1.165, 1.54) is 0 Å². The Balaban J connectivity index is 0.000000205. The highest BCUT2D eigenvalue weighted by Gasteiger charge is 2.71. The summed E-state index contributed by atoms with van der Waals surface area (Å²) in [4.78, 5) is 147. The maximum absolute atomic E-state index is 14.7. The standard InChI is InChI=1S/C42H66N2O7S.C40H62N2O7S/c1-41(2)33-27-44-38(37(33)41)34(46)25-30(39(48)35(47)23-29-17-18-29)15-11-8-6-4-5-7-9-12-16-31(40(44)49)24-32(45)26-42(19-13-10-14-20-42)36-28-43(3)21-22-52(36,50)51;1-39(2)31-25-42-36(35(31)39)32(44)23-28(37(46)33(45)21-27-15-16-27)13-9-6-4-5-7-10-14-29(38(42)47)22-30(43)24-40(17-11-8-12-18-40)34-26-41(3)19-20-50(34,48)49/h29-31,33,36-38H,4-28H2,1-3H3;27-29,31,34-36H,4-26H2,1-3H3/t30-,31-,33+,36-,37+,38-;28-,29-,31+,34-,35+,36-/m11/s1. The van der Waals surface area contributed by atoms with Gasteiger partial charge in [-0.15, -0.1) is 0 Å². The van der Waals surface area contributed by atoms with Gasteiger partial charge in [0.1, 0.15) is 11.6 Å². The number of Topliss-reactive ketones (excluding diaryl/α,β-unsaturated/α-hetero) is 8. The molecular formula is C82H128N4O14S2. The van der Waals surface area contributed by atoms with E-state index in [4.69, 9.17) is 0 Å². The number of carbonyl (C=O) groups excluding carboxylic acids is 10. The fourth-order valence-corrected chi connectivity index (χ4v) is 26.4. The molecule has 0 aromatic heterocycles. The lowest BCUT2D eigenvalue weighted by atomic mass is 9.67. The minimum Gasteiger partial charge on any atom is -0.332 e. The van der Waals surface area contributed by atoms with Gasteiger partial charge in [0.2, 0.25) is 23.4 Å². The third kappa shape index (κ3) is 18.6. The van der Waals surface area contributed by atoms with Crippen LogP contribution in [0.15, 0.2) is 0 Å². The van der Waals surface area contributed by atoms with E-state index >= 15 is 0 Å². The van der Waals surface area contributed by atoms with Crippen molar-refractivity contribution in [1.29, 1.82) is 0 Å². The number of carbonyl (C=O) groups is 10. The van der Waals surface area contributed by atoms with Gasteiger partial charge in [0.25, 0.3) is 0 Å². The van der Waals surface area contributed by atoms with Gasteiger partial charge in [-0.25, -0.2) is 16.8 Å². The smallest absolute Gasteiger partial charge is 0.226 e. The number of ketones is 8. The summed E-state index contributed by atoms with van der Waals surface area (Å²) in [5.74, 6) is -3.10. The molecular weight excluding hydrogens is 1330 g/mol. The van der Waals surface area contributed by atoms with E-state index in [0.29, 0.717) is 76.8 Å². The van der Waals surface area contributed by atoms with E-state index in [1.807, 2.05) is 14.1 Å². The first kappa shape index (κ1) is 79.2. The third-order valence-electron chi connectivity index (χ3n) is 28.5. The van der Waals surface area contributed by atoms with Gasteiger partial charge in [-0.1, -0.05) is 156 Å². The minimum atomic E-state index is -3.35. The molecule has 0 aromatic rings. The second-order valence-electron chi connectivity index (χ2n) is 36.8. The predicted octanol–water partition coefficient (Wildman–Crippen LogP) is 12.3. The monoisotopic (exact) mass is 1460 g/mol. The number of rotatable bonds is 18. The third-order valence-corrected chi connectivity index (χ3v) is 33.1. The average Bonchev–Trinajstić information content (AvgIpc) is 1.53. The molecule has 6 saturated heterocycles. The molecule has 0 N–H and O–H groups in total. The van der Waals surface area contributed by atoms with Crippen LogP contribution in [0.3, 0.4) is 0 Å². The maximum atomic E-state index is 14.7. The lowest BCUT2D eigenvalue weighted by molar-refractivity contribution is -0.146. The van der Waals surface area contributed by atoms with Crippen LogP contribution in [-0.4, -0.2) is 182 Å². The van der Waals surface area contributed by atoms with E-state index in [9.17, 15) is 64.8 Å². The van der Waals surface area contributed by atoms with E-state index in [2.05, 4.69) is 37.5 Å². The van der Waals surface area contributed by atoms with Gasteiger partial charge < -0.3 is 19.6 Å². The number of nitrogens with zero attached hydrogens (tertiary/aromatic N) is 4. The second kappa shape index (κ2) is 33.3. The number of fused-ring (bicyclic) bond motifs is 6. The Hall–Kier alpha value is -3.88. The molecule has 12 fully saturated rings. The van der Waals surface area contributed by atoms with E-state index in [0.717, 1.165) is 180 Å². The van der Waals surface area contributed by atoms with E-state index < -0.39 is 88.3 Å². The van der Waals surface area contributed by atoms with Crippen molar-refractivity contribution in [2.75, 3.05) is 64.9 Å². The van der Waals surface area contributed by atoms with Gasteiger partial charge in [-0.3, -0.25) is 47.9 Å². The quantitative estimate of drug-likeness (QED) is 0.116. The zero-order valence-electron chi connectivity index (χ0n) is 63.3. The highest BCUT2D eigenvalue weighted by molar-refractivity contribution is 7.92. The molecule has 6 saturated carbocycles. The van der Waals surface area contributed by atoms with Crippen molar-refractivity contribution < 1.29 is 64.8 Å². The second-order valence-corrected chi connectivity index (χ2v) is 41.4. The molecule has 6 aliphatic carbocycles. The Morgan fingerprint density at radius 3 is 1.05 bits per heavy atom. The van der Waals surface area contributed by atoms with Gasteiger partial charge in [0.05, 0.1) is 34.1 Å². The minimum absolute atomic E-state index is 0.000583. The number of piperidine rings is 2. The Morgan fingerprint density at radius 1 is 0.402 bits per heavy atom. The van der Waals surface area contributed by atoms with Crippen molar-refractivity contribution in [2.24, 2.45) is 80.8 Å². The van der Waals surface area contributed by atoms with Crippen LogP contribution in [-0.2, 0) is 67.6 Å². The van der Waals surface area contributed by atoms with Crippen LogP contribution < -0.4 is 0 Å². The maximum Gasteiger partial charge on any atom is 0.226 e. The summed E-state index contributed by atoms with van der Waals surface area (Å²) >= 11 is 0. The van der Waals surface area contributed by atoms with Crippen LogP contribution >= 0.6 is 0 Å². The van der Waals surface area contributed by atoms with Gasteiger partial charge in [-0.2, -0.15) is 0 Å². The number of hydrogen-bond acceptors (Lipinski definition) is 16. The van der Waals surface area contributed by atoms with Crippen molar-refractivity contribution in [3.63, 3.8) is 0 Å². The summed E-state index contributed by atoms with van der Waals surface area (Å²) in [6, 6.07) is -1.27. The van der Waals surface area contributed by atoms with Gasteiger partial charge in [0.15, 0.2) is 42.8 Å². The van der Waals surface area contributed by atoms with Gasteiger partial charge >= 0.3 is 0 Å². The van der Waals surface area contributed by atoms with Crippen molar-refractivity contribution in [3.05, 3.63) is 0 Å². The molecule has 6 aliphatic heterocycles. The fraction of sp³-hybridized carbons (Fsp3) is 0.878. The number of amides is 2. The normalized spacial score (nSPS) is 34.7. The van der Waals surface area contributed by atoms with Crippen LogP contribution in [0.5, 0.6) is 0 Å². The van der Waals surface area contributed by atoms with Crippen LogP contribution in [0, 0.1) is 80.8 Å². The fourth-order valence-electron chi connectivity index (χ4n) is 21.6. The van der Waals surface area contributed by atoms with Gasteiger partial charge in [0, 0.05) is 114 Å². The molecule has 0 spiro atoms. The molecule has 12 rings (SSSR count). The summed E-state index contributed by atoms with van der Waals surface area (Å²) in [5.41, 5.74) is -1.37. The molecule has 20 heteroatoms. The number of hydrogen-bond donors (Lipinski definition) is 0. The zero-order valence-corrected chi connectivity index (χ0v) is 65.0. The molecule has 572 valence electrons. The molecule has 2 amide bonds. The summed E-state index contributed by atoms with van der Waals surface area (Å²) < 4.78 is 54.0. The highest BCUT2D eigenvalue weighted by Crippen LogP contribution is 2.67. The molecule has 0 aromatic carbocycles. The summed E-state index contributed by atoms with van der Waals surface area (Å²) in [6.07, 6.45) is 29.3. The molecule has 0 bridgehead atoms. The first-order valence-corrected chi connectivity index (χ1v) is 44.5. The summed E-state index contributed by atoms with van der Waals surface area (Å²) in [5, 5.41) is -1.13. The molecule has 12 atom stereocenters. The Kier molecular flexibility index (Phi) is 25.9. The van der Waals surface area contributed by atoms with Crippen LogP contribution in [0.4, 0.5) is 0 Å². The van der Waals surface area contributed by atoms with E-state index in [1.54, 1.807) is 9.80 Å². The van der Waals surface area contributed by atoms with Crippen LogP contribution in [0.25, 0.3) is 0 Å². The summed E-state index contributed by atoms with van der Waals surface area (Å²) in [6.45, 7) is 11.5. The Bertz CT molecular complexity index is 3320. The van der Waals surface area contributed by atoms with Gasteiger partial charge in [-0.05, 0) is 148 Å².